The Bertz CT molecular complexity index is 800. The lowest BCUT2D eigenvalue weighted by atomic mass is 9.90. The molecule has 1 aliphatic heterocycles. The Hall–Kier alpha value is -2.64. The first kappa shape index (κ1) is 16.2. The van der Waals surface area contributed by atoms with E-state index >= 15 is 0 Å². The van der Waals surface area contributed by atoms with Crippen molar-refractivity contribution in [3.05, 3.63) is 24.2 Å². The number of nitrogens with one attached hydrogen (secondary N) is 1. The van der Waals surface area contributed by atoms with E-state index in [0.29, 0.717) is 18.7 Å². The first-order valence-corrected chi connectivity index (χ1v) is 7.94. The third kappa shape index (κ3) is 2.79. The number of aromatic nitrogens is 3. The number of hydrogen-bond acceptors (Lipinski definition) is 4. The molecule has 0 radical (unpaired) electrons. The van der Waals surface area contributed by atoms with Crippen LogP contribution in [0.25, 0.3) is 5.65 Å². The molecule has 2 amide bonds. The van der Waals surface area contributed by atoms with Crippen LogP contribution in [-0.2, 0) is 4.79 Å². The summed E-state index contributed by atoms with van der Waals surface area (Å²) in [6.07, 6.45) is 2.24. The SMILES string of the molecule is CC(C)c1nnc2ccc(NC(=O)N3CCC(C)(C(=O)O)C3)cn12. The van der Waals surface area contributed by atoms with Gasteiger partial charge in [0, 0.05) is 25.2 Å². The monoisotopic (exact) mass is 331 g/mol. The van der Waals surface area contributed by atoms with Crippen LogP contribution in [-0.4, -0.2) is 49.7 Å². The normalized spacial score (nSPS) is 20.8. The highest BCUT2D eigenvalue weighted by molar-refractivity contribution is 5.90. The number of carbonyl (C=O) groups excluding carboxylic acids is 1. The zero-order valence-electron chi connectivity index (χ0n) is 14.0. The maximum Gasteiger partial charge on any atom is 0.321 e. The predicted octanol–water partition coefficient (Wildman–Crippen LogP) is 2.18. The first-order valence-electron chi connectivity index (χ1n) is 7.94. The lowest BCUT2D eigenvalue weighted by Crippen LogP contribution is -2.37. The molecule has 1 atom stereocenters. The van der Waals surface area contributed by atoms with Crippen LogP contribution in [0.5, 0.6) is 0 Å². The first-order chi connectivity index (χ1) is 11.3. The zero-order chi connectivity index (χ0) is 17.5. The summed E-state index contributed by atoms with van der Waals surface area (Å²) < 4.78 is 1.85. The van der Waals surface area contributed by atoms with Gasteiger partial charge in [0.25, 0.3) is 0 Å². The van der Waals surface area contributed by atoms with Crippen molar-refractivity contribution in [2.24, 2.45) is 5.41 Å². The Labute approximate surface area is 139 Å². The Morgan fingerprint density at radius 2 is 2.08 bits per heavy atom. The number of rotatable bonds is 3. The molecule has 0 saturated carbocycles. The fraction of sp³-hybridized carbons (Fsp3) is 0.500. The lowest BCUT2D eigenvalue weighted by molar-refractivity contribution is -0.146. The van der Waals surface area contributed by atoms with Crippen molar-refractivity contribution >= 4 is 23.3 Å². The summed E-state index contributed by atoms with van der Waals surface area (Å²) in [6, 6.07) is 3.26. The van der Waals surface area contributed by atoms with Crippen LogP contribution in [0.4, 0.5) is 10.5 Å². The Kier molecular flexibility index (Phi) is 3.90. The summed E-state index contributed by atoms with van der Waals surface area (Å²) in [4.78, 5) is 25.2. The largest absolute Gasteiger partial charge is 0.481 e. The highest BCUT2D eigenvalue weighted by Gasteiger charge is 2.42. The van der Waals surface area contributed by atoms with Crippen LogP contribution in [0.2, 0.25) is 0 Å². The molecule has 2 aromatic heterocycles. The fourth-order valence-corrected chi connectivity index (χ4v) is 2.89. The molecule has 0 aromatic carbocycles. The van der Waals surface area contributed by atoms with Gasteiger partial charge in [-0.25, -0.2) is 4.79 Å². The van der Waals surface area contributed by atoms with Crippen LogP contribution in [0.1, 0.15) is 38.9 Å². The van der Waals surface area contributed by atoms with Gasteiger partial charge in [-0.2, -0.15) is 0 Å². The van der Waals surface area contributed by atoms with Crippen molar-refractivity contribution in [2.75, 3.05) is 18.4 Å². The second-order valence-electron chi connectivity index (χ2n) is 6.83. The Morgan fingerprint density at radius 1 is 1.33 bits per heavy atom. The average molecular weight is 331 g/mol. The summed E-state index contributed by atoms with van der Waals surface area (Å²) in [5.41, 5.74) is 0.467. The van der Waals surface area contributed by atoms with Crippen molar-refractivity contribution in [2.45, 2.75) is 33.1 Å². The van der Waals surface area contributed by atoms with Gasteiger partial charge in [-0.15, -0.1) is 10.2 Å². The third-order valence-corrected chi connectivity index (χ3v) is 4.47. The van der Waals surface area contributed by atoms with Crippen LogP contribution < -0.4 is 5.32 Å². The molecule has 0 aliphatic carbocycles. The van der Waals surface area contributed by atoms with Crippen molar-refractivity contribution in [3.8, 4) is 0 Å². The highest BCUT2D eigenvalue weighted by atomic mass is 16.4. The molecule has 128 valence electrons. The fourth-order valence-electron chi connectivity index (χ4n) is 2.89. The Balaban J connectivity index is 1.76. The highest BCUT2D eigenvalue weighted by Crippen LogP contribution is 2.30. The number of nitrogens with zero attached hydrogens (tertiary/aromatic N) is 4. The van der Waals surface area contributed by atoms with Gasteiger partial charge in [-0.3, -0.25) is 9.20 Å². The second-order valence-corrected chi connectivity index (χ2v) is 6.83. The minimum Gasteiger partial charge on any atom is -0.481 e. The van der Waals surface area contributed by atoms with E-state index in [2.05, 4.69) is 15.5 Å². The van der Waals surface area contributed by atoms with Crippen LogP contribution >= 0.6 is 0 Å². The van der Waals surface area contributed by atoms with E-state index in [1.807, 2.05) is 18.2 Å². The van der Waals surface area contributed by atoms with Crippen molar-refractivity contribution < 1.29 is 14.7 Å². The zero-order valence-corrected chi connectivity index (χ0v) is 14.0. The number of carboxylic acids is 1. The number of pyridine rings is 1. The molecule has 3 rings (SSSR count). The molecule has 0 spiro atoms. The molecule has 3 heterocycles. The maximum atomic E-state index is 12.4. The molecule has 2 N–H and O–H groups in total. The van der Waals surface area contributed by atoms with Crippen LogP contribution in [0.15, 0.2) is 18.3 Å². The minimum atomic E-state index is -0.875. The number of carbonyl (C=O) groups is 2. The summed E-state index contributed by atoms with van der Waals surface area (Å²) in [5, 5.41) is 20.3. The molecule has 24 heavy (non-hydrogen) atoms. The van der Waals surface area contributed by atoms with Crippen LogP contribution in [0, 0.1) is 5.41 Å². The number of fused-ring (bicyclic) bond motifs is 1. The average Bonchev–Trinajstić information content (AvgIpc) is 3.11. The van der Waals surface area contributed by atoms with Gasteiger partial charge in [0.05, 0.1) is 11.1 Å². The molecule has 8 heteroatoms. The number of hydrogen-bond donors (Lipinski definition) is 2. The Morgan fingerprint density at radius 3 is 2.71 bits per heavy atom. The molecule has 1 fully saturated rings. The van der Waals surface area contributed by atoms with E-state index in [9.17, 15) is 14.7 Å². The number of anilines is 1. The van der Waals surface area contributed by atoms with Gasteiger partial charge in [0.1, 0.15) is 5.82 Å². The van der Waals surface area contributed by atoms with E-state index in [4.69, 9.17) is 0 Å². The minimum absolute atomic E-state index is 0.209. The number of amides is 2. The van der Waals surface area contributed by atoms with Crippen LogP contribution in [0.3, 0.4) is 0 Å². The van der Waals surface area contributed by atoms with E-state index in [1.54, 1.807) is 25.3 Å². The summed E-state index contributed by atoms with van der Waals surface area (Å²) >= 11 is 0. The van der Waals surface area contributed by atoms with Gasteiger partial charge in [-0.05, 0) is 25.5 Å². The van der Waals surface area contributed by atoms with Gasteiger partial charge < -0.3 is 15.3 Å². The van der Waals surface area contributed by atoms with Gasteiger partial charge in [0.15, 0.2) is 5.65 Å². The topological polar surface area (TPSA) is 99.8 Å². The summed E-state index contributed by atoms with van der Waals surface area (Å²) in [6.45, 7) is 6.36. The smallest absolute Gasteiger partial charge is 0.321 e. The number of carboxylic acid groups (broad SMARTS) is 1. The molecule has 1 aliphatic rings. The quantitative estimate of drug-likeness (QED) is 0.898. The molecular formula is C16H21N5O3. The molecule has 2 aromatic rings. The van der Waals surface area contributed by atoms with Crippen molar-refractivity contribution in [3.63, 3.8) is 0 Å². The van der Waals surface area contributed by atoms with E-state index in [-0.39, 0.29) is 18.5 Å². The van der Waals surface area contributed by atoms with Crippen molar-refractivity contribution in [1.82, 2.24) is 19.5 Å². The van der Waals surface area contributed by atoms with E-state index in [1.165, 1.54) is 4.90 Å². The number of aliphatic carboxylic acids is 1. The number of likely N-dealkylation sites (tertiary alicyclic amines) is 1. The maximum absolute atomic E-state index is 12.4. The molecule has 1 saturated heterocycles. The molecule has 1 unspecified atom stereocenters. The summed E-state index contributed by atoms with van der Waals surface area (Å²) in [7, 11) is 0. The van der Waals surface area contributed by atoms with E-state index in [0.717, 1.165) is 11.5 Å². The molecule has 0 bridgehead atoms. The standard InChI is InChI=1S/C16H21N5O3/c1-10(2)13-19-18-12-5-4-11(8-21(12)13)17-15(24)20-7-6-16(3,9-20)14(22)23/h4-5,8,10H,6-7,9H2,1-3H3,(H,17,24)(H,22,23). The lowest BCUT2D eigenvalue weighted by Gasteiger charge is -2.20. The van der Waals surface area contributed by atoms with E-state index < -0.39 is 11.4 Å². The predicted molar refractivity (Wildman–Crippen MR) is 88.0 cm³/mol. The second kappa shape index (κ2) is 5.77. The third-order valence-electron chi connectivity index (χ3n) is 4.47. The summed E-state index contributed by atoms with van der Waals surface area (Å²) in [5.74, 6) is 0.159. The number of urea groups is 1. The van der Waals surface area contributed by atoms with Gasteiger partial charge in [0.2, 0.25) is 0 Å². The van der Waals surface area contributed by atoms with Gasteiger partial charge in [-0.1, -0.05) is 13.8 Å². The molecular weight excluding hydrogens is 310 g/mol. The van der Waals surface area contributed by atoms with Crippen molar-refractivity contribution in [1.29, 1.82) is 0 Å². The van der Waals surface area contributed by atoms with Gasteiger partial charge >= 0.3 is 12.0 Å². The molecule has 8 nitrogen and oxygen atoms in total.